The van der Waals surface area contributed by atoms with E-state index in [-0.39, 0.29) is 5.54 Å². The first-order chi connectivity index (χ1) is 6.94. The maximum atomic E-state index is 9.38. The standard InChI is InChI=1S/C12H18BrNO/c1-4-12(2,3)14-8-9-7-10(15)5-6-11(9)13/h5-7,14-15H,4,8H2,1-3H3. The first-order valence-electron chi connectivity index (χ1n) is 5.17. The van der Waals surface area contributed by atoms with Gasteiger partial charge in [0, 0.05) is 16.6 Å². The van der Waals surface area contributed by atoms with Crippen LogP contribution in [0.2, 0.25) is 0 Å². The van der Waals surface area contributed by atoms with Crippen molar-refractivity contribution in [2.75, 3.05) is 0 Å². The summed E-state index contributed by atoms with van der Waals surface area (Å²) in [6, 6.07) is 5.33. The first kappa shape index (κ1) is 12.5. The zero-order chi connectivity index (χ0) is 11.5. The molecule has 0 aliphatic carbocycles. The van der Waals surface area contributed by atoms with Crippen molar-refractivity contribution >= 4 is 15.9 Å². The molecule has 84 valence electrons. The molecule has 0 amide bonds. The van der Waals surface area contributed by atoms with Gasteiger partial charge in [-0.25, -0.2) is 0 Å². The van der Waals surface area contributed by atoms with Crippen molar-refractivity contribution in [3.05, 3.63) is 28.2 Å². The Morgan fingerprint density at radius 3 is 2.67 bits per heavy atom. The third kappa shape index (κ3) is 3.84. The molecule has 2 N–H and O–H groups in total. The lowest BCUT2D eigenvalue weighted by Gasteiger charge is -2.25. The van der Waals surface area contributed by atoms with Crippen molar-refractivity contribution in [2.45, 2.75) is 39.3 Å². The number of hydrogen-bond donors (Lipinski definition) is 2. The van der Waals surface area contributed by atoms with Crippen LogP contribution in [0, 0.1) is 0 Å². The molecule has 0 saturated heterocycles. The molecule has 0 aliphatic rings. The minimum Gasteiger partial charge on any atom is -0.508 e. The quantitative estimate of drug-likeness (QED) is 0.880. The van der Waals surface area contributed by atoms with E-state index in [1.807, 2.05) is 6.07 Å². The summed E-state index contributed by atoms with van der Waals surface area (Å²) in [6.07, 6.45) is 1.07. The molecule has 0 heterocycles. The normalized spacial score (nSPS) is 11.7. The molecule has 2 nitrogen and oxygen atoms in total. The topological polar surface area (TPSA) is 32.3 Å². The molecule has 1 aromatic rings. The molecule has 0 fully saturated rings. The van der Waals surface area contributed by atoms with E-state index in [4.69, 9.17) is 0 Å². The van der Waals surface area contributed by atoms with Gasteiger partial charge in [0.05, 0.1) is 0 Å². The highest BCUT2D eigenvalue weighted by atomic mass is 79.9. The number of aromatic hydroxyl groups is 1. The Morgan fingerprint density at radius 2 is 2.07 bits per heavy atom. The number of hydrogen-bond acceptors (Lipinski definition) is 2. The molecule has 0 aromatic heterocycles. The van der Waals surface area contributed by atoms with Gasteiger partial charge in [-0.15, -0.1) is 0 Å². The summed E-state index contributed by atoms with van der Waals surface area (Å²) >= 11 is 3.47. The van der Waals surface area contributed by atoms with Crippen molar-refractivity contribution in [3.63, 3.8) is 0 Å². The first-order valence-corrected chi connectivity index (χ1v) is 5.96. The van der Waals surface area contributed by atoms with Gasteiger partial charge in [-0.2, -0.15) is 0 Å². The summed E-state index contributed by atoms with van der Waals surface area (Å²) < 4.78 is 1.03. The van der Waals surface area contributed by atoms with E-state index in [1.54, 1.807) is 12.1 Å². The second-order valence-electron chi connectivity index (χ2n) is 4.37. The Hall–Kier alpha value is -0.540. The molecular formula is C12H18BrNO. The van der Waals surface area contributed by atoms with Gasteiger partial charge in [0.25, 0.3) is 0 Å². The average molecular weight is 272 g/mol. The Kier molecular flexibility index (Phi) is 4.17. The number of rotatable bonds is 4. The summed E-state index contributed by atoms with van der Waals surface area (Å²) in [5, 5.41) is 12.8. The third-order valence-corrected chi connectivity index (χ3v) is 3.44. The molecule has 0 bridgehead atoms. The lowest BCUT2D eigenvalue weighted by molar-refractivity contribution is 0.373. The number of benzene rings is 1. The van der Waals surface area contributed by atoms with Gasteiger partial charge in [0.1, 0.15) is 5.75 Å². The molecule has 0 aliphatic heterocycles. The SMILES string of the molecule is CCC(C)(C)NCc1cc(O)ccc1Br. The summed E-state index contributed by atoms with van der Waals surface area (Å²) in [5.74, 6) is 0.310. The van der Waals surface area contributed by atoms with Gasteiger partial charge in [-0.05, 0) is 44.0 Å². The molecule has 0 radical (unpaired) electrons. The molecule has 0 atom stereocenters. The third-order valence-electron chi connectivity index (χ3n) is 2.67. The van der Waals surface area contributed by atoms with Crippen molar-refractivity contribution in [2.24, 2.45) is 0 Å². The second-order valence-corrected chi connectivity index (χ2v) is 5.22. The van der Waals surface area contributed by atoms with E-state index in [0.29, 0.717) is 5.75 Å². The van der Waals surface area contributed by atoms with Gasteiger partial charge in [0.15, 0.2) is 0 Å². The van der Waals surface area contributed by atoms with Crippen LogP contribution in [0.15, 0.2) is 22.7 Å². The van der Waals surface area contributed by atoms with Gasteiger partial charge >= 0.3 is 0 Å². The van der Waals surface area contributed by atoms with Crippen LogP contribution in [0.1, 0.15) is 32.8 Å². The lowest BCUT2D eigenvalue weighted by atomic mass is 10.0. The van der Waals surface area contributed by atoms with E-state index in [9.17, 15) is 5.11 Å². The van der Waals surface area contributed by atoms with Crippen molar-refractivity contribution in [1.29, 1.82) is 0 Å². The molecule has 1 aromatic carbocycles. The molecule has 0 saturated carbocycles. The Bertz CT molecular complexity index is 336. The zero-order valence-electron chi connectivity index (χ0n) is 9.47. The predicted molar refractivity (Wildman–Crippen MR) is 67.0 cm³/mol. The Balaban J connectivity index is 2.69. The smallest absolute Gasteiger partial charge is 0.115 e. The van der Waals surface area contributed by atoms with E-state index in [0.717, 1.165) is 23.0 Å². The van der Waals surface area contributed by atoms with Crippen LogP contribution in [0.4, 0.5) is 0 Å². The van der Waals surface area contributed by atoms with Crippen LogP contribution in [0.3, 0.4) is 0 Å². The van der Waals surface area contributed by atoms with Crippen LogP contribution in [-0.4, -0.2) is 10.6 Å². The highest BCUT2D eigenvalue weighted by Gasteiger charge is 2.14. The number of phenolic OH excluding ortho intramolecular Hbond substituents is 1. The molecule has 0 spiro atoms. The average Bonchev–Trinajstić information content (AvgIpc) is 2.20. The summed E-state index contributed by atoms with van der Waals surface area (Å²) in [6.45, 7) is 7.26. The largest absolute Gasteiger partial charge is 0.508 e. The van der Waals surface area contributed by atoms with E-state index in [1.165, 1.54) is 0 Å². The molecule has 1 rings (SSSR count). The maximum absolute atomic E-state index is 9.38. The van der Waals surface area contributed by atoms with Gasteiger partial charge in [-0.3, -0.25) is 0 Å². The summed E-state index contributed by atoms with van der Waals surface area (Å²) in [5.41, 5.74) is 1.21. The van der Waals surface area contributed by atoms with Crippen molar-refractivity contribution in [3.8, 4) is 5.75 Å². The maximum Gasteiger partial charge on any atom is 0.115 e. The second kappa shape index (κ2) is 4.99. The molecular weight excluding hydrogens is 254 g/mol. The minimum absolute atomic E-state index is 0.130. The highest BCUT2D eigenvalue weighted by molar-refractivity contribution is 9.10. The predicted octanol–water partition coefficient (Wildman–Crippen LogP) is 3.43. The van der Waals surface area contributed by atoms with Crippen LogP contribution >= 0.6 is 15.9 Å². The number of phenols is 1. The van der Waals surface area contributed by atoms with Gasteiger partial charge in [-0.1, -0.05) is 22.9 Å². The van der Waals surface area contributed by atoms with Gasteiger partial charge < -0.3 is 10.4 Å². The molecule has 3 heteroatoms. The highest BCUT2D eigenvalue weighted by Crippen LogP contribution is 2.22. The van der Waals surface area contributed by atoms with Crippen LogP contribution in [0.25, 0.3) is 0 Å². The van der Waals surface area contributed by atoms with Crippen molar-refractivity contribution in [1.82, 2.24) is 5.32 Å². The van der Waals surface area contributed by atoms with E-state index < -0.39 is 0 Å². The minimum atomic E-state index is 0.130. The zero-order valence-corrected chi connectivity index (χ0v) is 11.1. The Labute approximate surface area is 99.8 Å². The lowest BCUT2D eigenvalue weighted by Crippen LogP contribution is -2.37. The number of nitrogens with one attached hydrogen (secondary N) is 1. The van der Waals surface area contributed by atoms with Crippen LogP contribution in [-0.2, 0) is 6.54 Å². The monoisotopic (exact) mass is 271 g/mol. The molecule has 0 unspecified atom stereocenters. The van der Waals surface area contributed by atoms with E-state index in [2.05, 4.69) is 42.0 Å². The fourth-order valence-corrected chi connectivity index (χ4v) is 1.54. The van der Waals surface area contributed by atoms with Gasteiger partial charge in [0.2, 0.25) is 0 Å². The summed E-state index contributed by atoms with van der Waals surface area (Å²) in [4.78, 5) is 0. The fraction of sp³-hybridized carbons (Fsp3) is 0.500. The van der Waals surface area contributed by atoms with Crippen LogP contribution < -0.4 is 5.32 Å². The van der Waals surface area contributed by atoms with Crippen molar-refractivity contribution < 1.29 is 5.11 Å². The van der Waals surface area contributed by atoms with E-state index >= 15 is 0 Å². The molecule has 15 heavy (non-hydrogen) atoms. The van der Waals surface area contributed by atoms with Crippen LogP contribution in [0.5, 0.6) is 5.75 Å². The fourth-order valence-electron chi connectivity index (χ4n) is 1.16. The summed E-state index contributed by atoms with van der Waals surface area (Å²) in [7, 11) is 0. The Morgan fingerprint density at radius 1 is 1.40 bits per heavy atom. The number of halogens is 1.